The number of anilines is 1. The molecule has 1 atom stereocenters. The number of hydrogen-bond acceptors (Lipinski definition) is 7. The highest BCUT2D eigenvalue weighted by Crippen LogP contribution is 2.24. The molecular formula is C27H22ClF3N8O3. The summed E-state index contributed by atoms with van der Waals surface area (Å²) in [4.78, 5) is 34.3. The van der Waals surface area contributed by atoms with Gasteiger partial charge in [0.25, 0.3) is 5.91 Å². The summed E-state index contributed by atoms with van der Waals surface area (Å²) in [6.07, 6.45) is -4.92. The number of rotatable bonds is 8. The van der Waals surface area contributed by atoms with Crippen LogP contribution in [0.4, 0.5) is 19.0 Å². The number of hydrogen-bond donors (Lipinski definition) is 2. The van der Waals surface area contributed by atoms with Crippen molar-refractivity contribution in [2.45, 2.75) is 32.3 Å². The summed E-state index contributed by atoms with van der Waals surface area (Å²) < 4.78 is 42.4. The average Bonchev–Trinajstić information content (AvgIpc) is 3.54. The Labute approximate surface area is 240 Å². The molecule has 5 rings (SSSR count). The van der Waals surface area contributed by atoms with Crippen LogP contribution >= 0.6 is 11.6 Å². The molecule has 0 radical (unpaired) electrons. The molecule has 0 saturated heterocycles. The third-order valence-corrected chi connectivity index (χ3v) is 6.42. The summed E-state index contributed by atoms with van der Waals surface area (Å²) >= 11 is 5.93. The fraction of sp³-hybridized carbons (Fsp3) is 0.185. The summed E-state index contributed by atoms with van der Waals surface area (Å²) in [5.74, 6) is -0.191. The van der Waals surface area contributed by atoms with E-state index in [1.54, 1.807) is 24.3 Å². The average molecular weight is 599 g/mol. The van der Waals surface area contributed by atoms with E-state index in [0.717, 1.165) is 14.8 Å². The molecule has 0 unspecified atom stereocenters. The van der Waals surface area contributed by atoms with Gasteiger partial charge in [0, 0.05) is 22.3 Å². The predicted octanol–water partition coefficient (Wildman–Crippen LogP) is 3.87. The second-order valence-corrected chi connectivity index (χ2v) is 9.67. The van der Waals surface area contributed by atoms with Crippen LogP contribution < -0.4 is 11.0 Å². The monoisotopic (exact) mass is 598 g/mol. The first-order valence-electron chi connectivity index (χ1n) is 12.4. The number of nitrogens with one attached hydrogen (secondary N) is 1. The van der Waals surface area contributed by atoms with Gasteiger partial charge in [-0.1, -0.05) is 29.3 Å². The number of aliphatic hydroxyl groups excluding tert-OH is 1. The zero-order valence-corrected chi connectivity index (χ0v) is 22.6. The number of benzene rings is 2. The molecule has 0 aliphatic carbocycles. The predicted molar refractivity (Wildman–Crippen MR) is 146 cm³/mol. The lowest BCUT2D eigenvalue weighted by Crippen LogP contribution is -2.37. The number of carbonyl (C=O) groups is 1. The number of aromatic nitrogens is 7. The summed E-state index contributed by atoms with van der Waals surface area (Å²) in [7, 11) is 0. The molecule has 15 heteroatoms. The Hall–Kier alpha value is -4.82. The van der Waals surface area contributed by atoms with Gasteiger partial charge in [-0.15, -0.1) is 10.2 Å². The van der Waals surface area contributed by atoms with Crippen LogP contribution in [-0.2, 0) is 13.1 Å². The van der Waals surface area contributed by atoms with Gasteiger partial charge in [-0.3, -0.25) is 9.36 Å². The molecule has 1 amide bonds. The first-order valence-corrected chi connectivity index (χ1v) is 12.8. The van der Waals surface area contributed by atoms with Crippen molar-refractivity contribution in [2.75, 3.05) is 5.32 Å². The van der Waals surface area contributed by atoms with Gasteiger partial charge in [-0.05, 0) is 55.5 Å². The molecule has 11 nitrogen and oxygen atoms in total. The van der Waals surface area contributed by atoms with Crippen LogP contribution in [0.5, 0.6) is 0 Å². The van der Waals surface area contributed by atoms with Gasteiger partial charge in [0.1, 0.15) is 18.6 Å². The molecule has 3 aromatic heterocycles. The van der Waals surface area contributed by atoms with Gasteiger partial charge in [-0.25, -0.2) is 24.1 Å². The lowest BCUT2D eigenvalue weighted by molar-refractivity contribution is -0.207. The summed E-state index contributed by atoms with van der Waals surface area (Å²) in [5.41, 5.74) is 1.21. The SMILES string of the molecule is Cc1ccc(C(=O)Nc2ncccc2-n2cnc(Cn3nc(-c4ccc(Cl)cc4)n(C[C@H](O)C(F)(F)F)c3=O)n2)cc1. The van der Waals surface area contributed by atoms with Crippen LogP contribution in [0.3, 0.4) is 0 Å². The minimum atomic E-state index is -4.95. The topological polar surface area (TPSA) is 133 Å². The maximum atomic E-state index is 13.1. The van der Waals surface area contributed by atoms with Crippen molar-refractivity contribution in [3.63, 3.8) is 0 Å². The minimum absolute atomic E-state index is 0.0976. The van der Waals surface area contributed by atoms with Crippen molar-refractivity contribution in [1.29, 1.82) is 0 Å². The maximum Gasteiger partial charge on any atom is 0.416 e. The van der Waals surface area contributed by atoms with Crippen LogP contribution in [0.2, 0.25) is 5.02 Å². The molecule has 0 aliphatic heterocycles. The van der Waals surface area contributed by atoms with Crippen LogP contribution in [0.15, 0.2) is 78.0 Å². The first kappa shape index (κ1) is 28.7. The summed E-state index contributed by atoms with van der Waals surface area (Å²) in [6.45, 7) is 0.540. The van der Waals surface area contributed by atoms with Crippen molar-refractivity contribution in [2.24, 2.45) is 0 Å². The van der Waals surface area contributed by atoms with Crippen LogP contribution in [-0.4, -0.2) is 57.4 Å². The molecule has 0 saturated carbocycles. The van der Waals surface area contributed by atoms with E-state index >= 15 is 0 Å². The minimum Gasteiger partial charge on any atom is -0.382 e. The standard InChI is InChI=1S/C27H22ClF3N8O3/c1-16-4-6-18(7-5-16)25(41)34-23-20(3-2-12-32-23)39-15-33-22(35-39)14-38-26(42)37(13-21(40)27(29,30)31)24(36-38)17-8-10-19(28)11-9-17/h2-12,15,21,40H,13-14H2,1H3,(H,32,34,41)/t21-/m0/s1. The summed E-state index contributed by atoms with van der Waals surface area (Å²) in [5, 5.41) is 21.3. The molecule has 3 heterocycles. The molecule has 0 fully saturated rings. The van der Waals surface area contributed by atoms with E-state index in [9.17, 15) is 27.9 Å². The van der Waals surface area contributed by atoms with E-state index in [0.29, 0.717) is 21.8 Å². The normalized spacial score (nSPS) is 12.3. The Morgan fingerprint density at radius 2 is 1.76 bits per heavy atom. The molecule has 2 aromatic carbocycles. The second-order valence-electron chi connectivity index (χ2n) is 9.24. The Balaban J connectivity index is 1.43. The van der Waals surface area contributed by atoms with Crippen LogP contribution in [0, 0.1) is 6.92 Å². The molecule has 0 bridgehead atoms. The molecule has 42 heavy (non-hydrogen) atoms. The Morgan fingerprint density at radius 3 is 2.45 bits per heavy atom. The Morgan fingerprint density at radius 1 is 1.05 bits per heavy atom. The Bertz CT molecular complexity index is 1780. The molecule has 0 spiro atoms. The number of aliphatic hydroxyl groups is 1. The van der Waals surface area contributed by atoms with E-state index in [1.807, 2.05) is 19.1 Å². The van der Waals surface area contributed by atoms with Crippen molar-refractivity contribution >= 4 is 23.3 Å². The third kappa shape index (κ3) is 6.24. The fourth-order valence-corrected chi connectivity index (χ4v) is 4.11. The summed E-state index contributed by atoms with van der Waals surface area (Å²) in [6, 6.07) is 16.2. The number of carbonyl (C=O) groups excluding carboxylic acids is 1. The highest BCUT2D eigenvalue weighted by Gasteiger charge is 2.39. The van der Waals surface area contributed by atoms with E-state index in [4.69, 9.17) is 11.6 Å². The number of nitrogens with zero attached hydrogens (tertiary/aromatic N) is 7. The number of aryl methyl sites for hydroxylation is 1. The van der Waals surface area contributed by atoms with Crippen LogP contribution in [0.1, 0.15) is 21.7 Å². The maximum absolute atomic E-state index is 13.1. The highest BCUT2D eigenvalue weighted by atomic mass is 35.5. The van der Waals surface area contributed by atoms with Gasteiger partial charge in [0.05, 0.1) is 6.54 Å². The molecule has 0 aliphatic rings. The van der Waals surface area contributed by atoms with Crippen LogP contribution in [0.25, 0.3) is 17.1 Å². The lowest BCUT2D eigenvalue weighted by Gasteiger charge is -2.15. The van der Waals surface area contributed by atoms with Crippen molar-refractivity contribution in [3.05, 3.63) is 106 Å². The quantitative estimate of drug-likeness (QED) is 0.277. The van der Waals surface area contributed by atoms with Gasteiger partial charge >= 0.3 is 11.9 Å². The van der Waals surface area contributed by atoms with Crippen molar-refractivity contribution < 1.29 is 23.1 Å². The van der Waals surface area contributed by atoms with E-state index in [-0.39, 0.29) is 29.9 Å². The zero-order valence-electron chi connectivity index (χ0n) is 21.8. The highest BCUT2D eigenvalue weighted by molar-refractivity contribution is 6.30. The van der Waals surface area contributed by atoms with E-state index in [2.05, 4.69) is 25.5 Å². The van der Waals surface area contributed by atoms with Gasteiger partial charge in [-0.2, -0.15) is 13.2 Å². The molecule has 2 N–H and O–H groups in total. The van der Waals surface area contributed by atoms with Gasteiger partial charge in [0.15, 0.2) is 23.6 Å². The van der Waals surface area contributed by atoms with Crippen molar-refractivity contribution in [3.8, 4) is 17.1 Å². The number of halogens is 4. The smallest absolute Gasteiger partial charge is 0.382 e. The van der Waals surface area contributed by atoms with E-state index < -0.39 is 24.5 Å². The molecular weight excluding hydrogens is 577 g/mol. The number of pyridine rings is 1. The van der Waals surface area contributed by atoms with E-state index in [1.165, 1.54) is 41.5 Å². The largest absolute Gasteiger partial charge is 0.416 e. The second kappa shape index (κ2) is 11.6. The van der Waals surface area contributed by atoms with Gasteiger partial charge in [0.2, 0.25) is 0 Å². The fourth-order valence-electron chi connectivity index (χ4n) is 3.98. The molecule has 5 aromatic rings. The first-order chi connectivity index (χ1) is 20.0. The third-order valence-electron chi connectivity index (χ3n) is 6.17. The molecule has 216 valence electrons. The number of amides is 1. The van der Waals surface area contributed by atoms with Crippen molar-refractivity contribution in [1.82, 2.24) is 34.1 Å². The lowest BCUT2D eigenvalue weighted by atomic mass is 10.1. The zero-order chi connectivity index (χ0) is 30.0. The van der Waals surface area contributed by atoms with Gasteiger partial charge < -0.3 is 10.4 Å². The Kier molecular flexibility index (Phi) is 7.91. The number of alkyl halides is 3.